The van der Waals surface area contributed by atoms with Crippen LogP contribution in [0.15, 0.2) is 90.3 Å². The molecule has 0 aliphatic rings. The summed E-state index contributed by atoms with van der Waals surface area (Å²) in [7, 11) is 3.23. The normalized spacial score (nSPS) is 10.9. The van der Waals surface area contributed by atoms with E-state index in [9.17, 15) is 9.59 Å². The number of methoxy groups -OCH3 is 2. The first kappa shape index (κ1) is 29.9. The summed E-state index contributed by atoms with van der Waals surface area (Å²) in [5, 5.41) is 2.01. The zero-order valence-electron chi connectivity index (χ0n) is 24.2. The average Bonchev–Trinajstić information content (AvgIpc) is 3.52. The number of amides is 2. The minimum Gasteiger partial charge on any atom is -0.493 e. The molecule has 0 aliphatic heterocycles. The number of hydrogen-bond donors (Lipinski definition) is 0. The fraction of sp³-hybridized carbons (Fsp3) is 0.294. The summed E-state index contributed by atoms with van der Waals surface area (Å²) in [4.78, 5) is 32.1. The minimum atomic E-state index is -0.136. The lowest BCUT2D eigenvalue weighted by Crippen LogP contribution is -2.44. The zero-order chi connectivity index (χ0) is 29.2. The van der Waals surface area contributed by atoms with E-state index in [4.69, 9.17) is 9.47 Å². The van der Waals surface area contributed by atoms with Crippen LogP contribution in [0.3, 0.4) is 0 Å². The van der Waals surface area contributed by atoms with E-state index >= 15 is 0 Å². The Morgan fingerprint density at radius 2 is 1.51 bits per heavy atom. The van der Waals surface area contributed by atoms with E-state index in [2.05, 4.69) is 13.8 Å². The van der Waals surface area contributed by atoms with E-state index in [0.29, 0.717) is 43.1 Å². The fourth-order valence-electron chi connectivity index (χ4n) is 4.72. The van der Waals surface area contributed by atoms with Crippen molar-refractivity contribution in [1.82, 2.24) is 9.80 Å². The van der Waals surface area contributed by atoms with Gasteiger partial charge in [-0.1, -0.05) is 68.4 Å². The van der Waals surface area contributed by atoms with Crippen molar-refractivity contribution < 1.29 is 19.1 Å². The fourth-order valence-corrected chi connectivity index (χ4v) is 5.44. The van der Waals surface area contributed by atoms with Crippen LogP contribution in [0.1, 0.15) is 34.6 Å². The van der Waals surface area contributed by atoms with Crippen molar-refractivity contribution >= 4 is 23.2 Å². The average molecular weight is 571 g/mol. The molecular formula is C34H38N2O4S. The first-order chi connectivity index (χ1) is 19.9. The van der Waals surface area contributed by atoms with Crippen molar-refractivity contribution in [3.05, 3.63) is 106 Å². The Bertz CT molecular complexity index is 1400. The van der Waals surface area contributed by atoms with Crippen LogP contribution < -0.4 is 9.47 Å². The van der Waals surface area contributed by atoms with Crippen molar-refractivity contribution in [3.63, 3.8) is 0 Å². The monoisotopic (exact) mass is 570 g/mol. The van der Waals surface area contributed by atoms with Gasteiger partial charge in [-0.25, -0.2) is 0 Å². The van der Waals surface area contributed by atoms with Crippen molar-refractivity contribution in [2.75, 3.05) is 33.9 Å². The first-order valence-electron chi connectivity index (χ1n) is 13.8. The molecule has 7 heteroatoms. The molecule has 0 atom stereocenters. The molecule has 4 aromatic rings. The van der Waals surface area contributed by atoms with Crippen LogP contribution in [0.2, 0.25) is 0 Å². The third-order valence-corrected chi connectivity index (χ3v) is 7.70. The molecule has 0 spiro atoms. The Morgan fingerprint density at radius 3 is 2.15 bits per heavy atom. The Labute approximate surface area is 247 Å². The van der Waals surface area contributed by atoms with Crippen LogP contribution in [0.25, 0.3) is 11.1 Å². The topological polar surface area (TPSA) is 59.1 Å². The summed E-state index contributed by atoms with van der Waals surface area (Å²) >= 11 is 1.62. The molecule has 0 aliphatic carbocycles. The highest BCUT2D eigenvalue weighted by Crippen LogP contribution is 2.28. The molecule has 4 rings (SSSR count). The number of carbonyl (C=O) groups is 2. The highest BCUT2D eigenvalue weighted by atomic mass is 32.1. The van der Waals surface area contributed by atoms with E-state index in [1.807, 2.05) is 95.2 Å². The summed E-state index contributed by atoms with van der Waals surface area (Å²) in [6.07, 6.45) is 0.649. The van der Waals surface area contributed by atoms with Gasteiger partial charge in [0.25, 0.3) is 5.91 Å². The molecule has 0 radical (unpaired) electrons. The van der Waals surface area contributed by atoms with Crippen molar-refractivity contribution in [3.8, 4) is 22.6 Å². The van der Waals surface area contributed by atoms with Gasteiger partial charge in [0.15, 0.2) is 11.5 Å². The van der Waals surface area contributed by atoms with Crippen molar-refractivity contribution in [2.24, 2.45) is 5.92 Å². The molecule has 214 valence electrons. The number of benzene rings is 3. The maximum absolute atomic E-state index is 13.8. The lowest BCUT2D eigenvalue weighted by molar-refractivity contribution is -0.132. The highest BCUT2D eigenvalue weighted by molar-refractivity contribution is 7.09. The molecule has 1 heterocycles. The lowest BCUT2D eigenvalue weighted by atomic mass is 10.0. The largest absolute Gasteiger partial charge is 0.493 e. The number of hydrogen-bond acceptors (Lipinski definition) is 5. The standard InChI is InChI=1S/C34H38N2O4S/c1-25(2)22-36(34(38)29-15-13-28(14-16-29)27-9-6-5-7-10-27)24-33(37)35(23-30-11-8-20-41-30)19-18-26-12-17-31(39-3)32(21-26)40-4/h5-17,20-21,25H,18-19,22-24H2,1-4H3. The van der Waals surface area contributed by atoms with Gasteiger partial charge in [-0.15, -0.1) is 11.3 Å². The van der Waals surface area contributed by atoms with Crippen molar-refractivity contribution in [1.29, 1.82) is 0 Å². The summed E-state index contributed by atoms with van der Waals surface area (Å²) in [5.74, 6) is 1.33. The van der Waals surface area contributed by atoms with Crippen LogP contribution in [0.5, 0.6) is 11.5 Å². The van der Waals surface area contributed by atoms with Gasteiger partial charge in [0.2, 0.25) is 5.91 Å². The Hall–Kier alpha value is -4.10. The third-order valence-electron chi connectivity index (χ3n) is 6.84. The molecule has 0 bridgehead atoms. The maximum Gasteiger partial charge on any atom is 0.254 e. The second-order valence-corrected chi connectivity index (χ2v) is 11.4. The molecule has 0 unspecified atom stereocenters. The van der Waals surface area contributed by atoms with Crippen molar-refractivity contribution in [2.45, 2.75) is 26.8 Å². The molecule has 3 aromatic carbocycles. The molecule has 2 amide bonds. The smallest absolute Gasteiger partial charge is 0.254 e. The van der Waals surface area contributed by atoms with E-state index in [-0.39, 0.29) is 24.3 Å². The zero-order valence-corrected chi connectivity index (χ0v) is 25.0. The minimum absolute atomic E-state index is 0.0226. The quantitative estimate of drug-likeness (QED) is 0.177. The van der Waals surface area contributed by atoms with Crippen LogP contribution in [-0.2, 0) is 17.8 Å². The summed E-state index contributed by atoms with van der Waals surface area (Å²) in [6, 6.07) is 27.5. The van der Waals surface area contributed by atoms with Gasteiger partial charge in [-0.05, 0) is 64.7 Å². The predicted molar refractivity (Wildman–Crippen MR) is 166 cm³/mol. The Kier molecular flexibility index (Phi) is 10.6. The van der Waals surface area contributed by atoms with Crippen LogP contribution in [0, 0.1) is 5.92 Å². The van der Waals surface area contributed by atoms with Gasteiger partial charge < -0.3 is 19.3 Å². The molecule has 0 saturated heterocycles. The molecule has 0 N–H and O–H groups in total. The number of nitrogens with zero attached hydrogens (tertiary/aromatic N) is 2. The van der Waals surface area contributed by atoms with Gasteiger partial charge in [0.05, 0.1) is 20.8 Å². The molecule has 1 aromatic heterocycles. The molecule has 41 heavy (non-hydrogen) atoms. The van der Waals surface area contributed by atoms with E-state index in [0.717, 1.165) is 21.6 Å². The highest BCUT2D eigenvalue weighted by Gasteiger charge is 2.24. The second-order valence-electron chi connectivity index (χ2n) is 10.4. The van der Waals surface area contributed by atoms with Crippen LogP contribution >= 0.6 is 11.3 Å². The van der Waals surface area contributed by atoms with E-state index in [1.54, 1.807) is 30.5 Å². The number of thiophene rings is 1. The second kappa shape index (κ2) is 14.5. The summed E-state index contributed by atoms with van der Waals surface area (Å²) in [5.41, 5.74) is 3.76. The molecule has 0 fully saturated rings. The Morgan fingerprint density at radius 1 is 0.805 bits per heavy atom. The molecule has 6 nitrogen and oxygen atoms in total. The summed E-state index contributed by atoms with van der Waals surface area (Å²) < 4.78 is 10.8. The van der Waals surface area contributed by atoms with E-state index in [1.165, 1.54) is 0 Å². The lowest BCUT2D eigenvalue weighted by Gasteiger charge is -2.29. The van der Waals surface area contributed by atoms with Crippen LogP contribution in [-0.4, -0.2) is 55.5 Å². The van der Waals surface area contributed by atoms with Gasteiger partial charge in [-0.3, -0.25) is 9.59 Å². The van der Waals surface area contributed by atoms with Crippen LogP contribution in [0.4, 0.5) is 0 Å². The van der Waals surface area contributed by atoms with Gasteiger partial charge in [0, 0.05) is 23.5 Å². The maximum atomic E-state index is 13.8. The molecule has 0 saturated carbocycles. The third kappa shape index (κ3) is 8.21. The molecular weight excluding hydrogens is 532 g/mol. The summed E-state index contributed by atoms with van der Waals surface area (Å²) in [6.45, 7) is 5.65. The number of carbonyl (C=O) groups excluding carboxylic acids is 2. The first-order valence-corrected chi connectivity index (χ1v) is 14.7. The van der Waals surface area contributed by atoms with E-state index < -0.39 is 0 Å². The number of rotatable bonds is 13. The predicted octanol–water partition coefficient (Wildman–Crippen LogP) is 6.80. The van der Waals surface area contributed by atoms with Gasteiger partial charge >= 0.3 is 0 Å². The van der Waals surface area contributed by atoms with Gasteiger partial charge in [0.1, 0.15) is 6.54 Å². The van der Waals surface area contributed by atoms with Gasteiger partial charge in [-0.2, -0.15) is 0 Å². The number of ether oxygens (including phenoxy) is 2. The SMILES string of the molecule is COc1ccc(CCN(Cc2cccs2)C(=O)CN(CC(C)C)C(=O)c2ccc(-c3ccccc3)cc2)cc1OC. The Balaban J connectivity index is 1.50.